The molecule has 1 aliphatic rings. The number of hydrogen-bond donors (Lipinski definition) is 1. The minimum absolute atomic E-state index is 0.363. The Labute approximate surface area is 109 Å². The minimum atomic E-state index is -0.913. The molecule has 1 aliphatic heterocycles. The molecule has 4 nitrogen and oxygen atoms in total. The number of cyclic esters (lactones) is 1. The van der Waals surface area contributed by atoms with Crippen molar-refractivity contribution in [1.29, 1.82) is 0 Å². The maximum absolute atomic E-state index is 11.4. The molecule has 0 bridgehead atoms. The van der Waals surface area contributed by atoms with Crippen LogP contribution in [-0.4, -0.2) is 23.1 Å². The number of carboxylic acid groups (broad SMARTS) is 1. The van der Waals surface area contributed by atoms with Gasteiger partial charge in [-0.3, -0.25) is 9.59 Å². The zero-order chi connectivity index (χ0) is 13.5. The molecular formula is C14H24O4. The molecule has 0 amide bonds. The Balaban J connectivity index is 2.28. The van der Waals surface area contributed by atoms with Crippen LogP contribution in [0.1, 0.15) is 58.8 Å². The van der Waals surface area contributed by atoms with Gasteiger partial charge in [-0.25, -0.2) is 0 Å². The molecule has 1 heterocycles. The summed E-state index contributed by atoms with van der Waals surface area (Å²) in [6.45, 7) is 3.82. The highest BCUT2D eigenvalue weighted by Crippen LogP contribution is 2.31. The van der Waals surface area contributed by atoms with E-state index in [9.17, 15) is 9.59 Å². The lowest BCUT2D eigenvalue weighted by Crippen LogP contribution is -2.27. The van der Waals surface area contributed by atoms with Crippen LogP contribution in [0.15, 0.2) is 0 Å². The predicted octanol–water partition coefficient (Wildman–Crippen LogP) is 3.00. The Hall–Kier alpha value is -1.06. The van der Waals surface area contributed by atoms with Crippen LogP contribution >= 0.6 is 0 Å². The van der Waals surface area contributed by atoms with E-state index in [1.165, 1.54) is 25.7 Å². The lowest BCUT2D eigenvalue weighted by Gasteiger charge is -2.15. The Morgan fingerprint density at radius 1 is 1.22 bits per heavy atom. The largest absolute Gasteiger partial charge is 0.481 e. The molecule has 1 N–H and O–H groups in total. The molecule has 4 heteroatoms. The zero-order valence-electron chi connectivity index (χ0n) is 11.4. The molecule has 0 aromatic heterocycles. The fourth-order valence-electron chi connectivity index (χ4n) is 2.54. The number of aliphatic carboxylic acids is 1. The van der Waals surface area contributed by atoms with Gasteiger partial charge in [-0.2, -0.15) is 0 Å². The maximum Gasteiger partial charge on any atom is 0.311 e. The van der Waals surface area contributed by atoms with Gasteiger partial charge in [0.15, 0.2) is 0 Å². The highest BCUT2D eigenvalue weighted by molar-refractivity contribution is 5.84. The van der Waals surface area contributed by atoms with Crippen LogP contribution in [0.5, 0.6) is 0 Å². The van der Waals surface area contributed by atoms with Crippen molar-refractivity contribution in [3.05, 3.63) is 0 Å². The standard InChI is InChI=1S/C14H24O4/c1-3-4-5-6-7-8-9-11-12(13(15)16)10(2)14(17)18-11/h10-12H,3-9H2,1-2H3,(H,15,16)/t10-,11+,12-/m1/s1. The average molecular weight is 256 g/mol. The van der Waals surface area contributed by atoms with E-state index in [4.69, 9.17) is 9.84 Å². The number of carboxylic acids is 1. The van der Waals surface area contributed by atoms with Gasteiger partial charge in [-0.15, -0.1) is 0 Å². The van der Waals surface area contributed by atoms with Gasteiger partial charge < -0.3 is 9.84 Å². The van der Waals surface area contributed by atoms with E-state index in [1.807, 2.05) is 0 Å². The Morgan fingerprint density at radius 2 is 1.83 bits per heavy atom. The molecule has 0 spiro atoms. The molecule has 1 rings (SSSR count). The van der Waals surface area contributed by atoms with E-state index < -0.39 is 23.9 Å². The van der Waals surface area contributed by atoms with Crippen molar-refractivity contribution in [2.75, 3.05) is 0 Å². The van der Waals surface area contributed by atoms with E-state index >= 15 is 0 Å². The fourth-order valence-corrected chi connectivity index (χ4v) is 2.54. The monoisotopic (exact) mass is 256 g/mol. The second-order valence-corrected chi connectivity index (χ2v) is 5.18. The van der Waals surface area contributed by atoms with E-state index in [0.717, 1.165) is 12.8 Å². The number of rotatable bonds is 8. The molecule has 0 aliphatic carbocycles. The molecule has 1 saturated heterocycles. The zero-order valence-corrected chi connectivity index (χ0v) is 11.4. The lowest BCUT2D eigenvalue weighted by molar-refractivity contribution is -0.144. The summed E-state index contributed by atoms with van der Waals surface area (Å²) in [7, 11) is 0. The SMILES string of the molecule is CCCCCCCC[C@@H]1OC(=O)[C@H](C)[C@H]1C(=O)O. The van der Waals surface area contributed by atoms with Crippen LogP contribution < -0.4 is 0 Å². The van der Waals surface area contributed by atoms with E-state index in [2.05, 4.69) is 6.92 Å². The van der Waals surface area contributed by atoms with Gasteiger partial charge in [0.25, 0.3) is 0 Å². The third kappa shape index (κ3) is 4.00. The summed E-state index contributed by atoms with van der Waals surface area (Å²) in [5, 5.41) is 9.11. The van der Waals surface area contributed by atoms with Gasteiger partial charge in [0, 0.05) is 0 Å². The highest BCUT2D eigenvalue weighted by Gasteiger charge is 2.45. The number of hydrogen-bond acceptors (Lipinski definition) is 3. The molecule has 3 atom stereocenters. The second kappa shape index (κ2) is 7.39. The van der Waals surface area contributed by atoms with Gasteiger partial charge in [-0.05, 0) is 12.8 Å². The quantitative estimate of drug-likeness (QED) is 0.535. The first-order valence-electron chi connectivity index (χ1n) is 7.01. The van der Waals surface area contributed by atoms with Crippen molar-refractivity contribution in [3.63, 3.8) is 0 Å². The second-order valence-electron chi connectivity index (χ2n) is 5.18. The highest BCUT2D eigenvalue weighted by atomic mass is 16.6. The van der Waals surface area contributed by atoms with Gasteiger partial charge in [0.1, 0.15) is 12.0 Å². The first kappa shape index (κ1) is 15.0. The minimum Gasteiger partial charge on any atom is -0.481 e. The normalized spacial score (nSPS) is 27.2. The summed E-state index contributed by atoms with van der Waals surface area (Å²) < 4.78 is 5.16. The van der Waals surface area contributed by atoms with Gasteiger partial charge >= 0.3 is 11.9 Å². The smallest absolute Gasteiger partial charge is 0.311 e. The van der Waals surface area contributed by atoms with Crippen molar-refractivity contribution >= 4 is 11.9 Å². The Morgan fingerprint density at radius 3 is 2.44 bits per heavy atom. The van der Waals surface area contributed by atoms with Crippen LogP contribution in [-0.2, 0) is 14.3 Å². The first-order valence-corrected chi connectivity index (χ1v) is 7.01. The van der Waals surface area contributed by atoms with Crippen molar-refractivity contribution < 1.29 is 19.4 Å². The molecule has 0 saturated carbocycles. The molecule has 18 heavy (non-hydrogen) atoms. The molecule has 0 unspecified atom stereocenters. The summed E-state index contributed by atoms with van der Waals surface area (Å²) in [6, 6.07) is 0. The molecule has 0 radical (unpaired) electrons. The van der Waals surface area contributed by atoms with Crippen molar-refractivity contribution in [3.8, 4) is 0 Å². The topological polar surface area (TPSA) is 63.6 Å². The van der Waals surface area contributed by atoms with Crippen LogP contribution in [0.2, 0.25) is 0 Å². The summed E-state index contributed by atoms with van der Waals surface area (Å²) in [4.78, 5) is 22.5. The first-order chi connectivity index (χ1) is 8.57. The van der Waals surface area contributed by atoms with Crippen LogP contribution in [0.25, 0.3) is 0 Å². The van der Waals surface area contributed by atoms with E-state index in [0.29, 0.717) is 6.42 Å². The fraction of sp³-hybridized carbons (Fsp3) is 0.857. The van der Waals surface area contributed by atoms with Crippen molar-refractivity contribution in [2.45, 2.75) is 64.9 Å². The molecule has 1 fully saturated rings. The van der Waals surface area contributed by atoms with Gasteiger partial charge in [0.2, 0.25) is 0 Å². The molecule has 0 aromatic rings. The van der Waals surface area contributed by atoms with Gasteiger partial charge in [-0.1, -0.05) is 46.0 Å². The van der Waals surface area contributed by atoms with Crippen LogP contribution in [0.4, 0.5) is 0 Å². The third-order valence-corrected chi connectivity index (χ3v) is 3.71. The number of ether oxygens (including phenoxy) is 1. The molecular weight excluding hydrogens is 232 g/mol. The number of carbonyl (C=O) groups excluding carboxylic acids is 1. The average Bonchev–Trinajstić information content (AvgIpc) is 2.59. The molecule has 104 valence electrons. The predicted molar refractivity (Wildman–Crippen MR) is 68.2 cm³/mol. The van der Waals surface area contributed by atoms with Crippen LogP contribution in [0, 0.1) is 11.8 Å². The lowest BCUT2D eigenvalue weighted by atomic mass is 9.89. The number of esters is 1. The van der Waals surface area contributed by atoms with Crippen molar-refractivity contribution in [2.24, 2.45) is 11.8 Å². The maximum atomic E-state index is 11.4. The molecule has 0 aromatic carbocycles. The summed E-state index contributed by atoms with van der Waals surface area (Å²) >= 11 is 0. The van der Waals surface area contributed by atoms with E-state index in [1.54, 1.807) is 6.92 Å². The summed E-state index contributed by atoms with van der Waals surface area (Å²) in [6.07, 6.45) is 7.19. The number of carbonyl (C=O) groups is 2. The van der Waals surface area contributed by atoms with Crippen LogP contribution in [0.3, 0.4) is 0 Å². The number of unbranched alkanes of at least 4 members (excludes halogenated alkanes) is 5. The Bertz CT molecular complexity index is 288. The third-order valence-electron chi connectivity index (χ3n) is 3.71. The summed E-state index contributed by atoms with van der Waals surface area (Å²) in [5.41, 5.74) is 0. The van der Waals surface area contributed by atoms with Gasteiger partial charge in [0.05, 0.1) is 5.92 Å². The van der Waals surface area contributed by atoms with E-state index in [-0.39, 0.29) is 5.97 Å². The van der Waals surface area contributed by atoms with Crippen molar-refractivity contribution in [1.82, 2.24) is 0 Å². The summed E-state index contributed by atoms with van der Waals surface area (Å²) in [5.74, 6) is -2.44. The Kier molecular flexibility index (Phi) is 6.16.